The minimum Gasteiger partial charge on any atom is -0.336 e. The quantitative estimate of drug-likeness (QED) is 0.493. The number of nitrogens with zero attached hydrogens (tertiary/aromatic N) is 7. The van der Waals surface area contributed by atoms with Crippen LogP contribution in [-0.4, -0.2) is 35.4 Å². The number of nitriles is 1. The fraction of sp³-hybridized carbons (Fsp3) is 0.250. The molecule has 1 aromatic carbocycles. The highest BCUT2D eigenvalue weighted by Crippen LogP contribution is 2.19. The van der Waals surface area contributed by atoms with E-state index in [9.17, 15) is 10.1 Å². The van der Waals surface area contributed by atoms with Crippen LogP contribution in [0.4, 0.5) is 0 Å². The predicted molar refractivity (Wildman–Crippen MR) is 122 cm³/mol. The van der Waals surface area contributed by atoms with Crippen molar-refractivity contribution in [2.45, 2.75) is 40.2 Å². The zero-order valence-corrected chi connectivity index (χ0v) is 18.9. The van der Waals surface area contributed by atoms with E-state index < -0.39 is 6.04 Å². The number of aromatic nitrogens is 6. The van der Waals surface area contributed by atoms with Gasteiger partial charge in [0.25, 0.3) is 5.95 Å². The normalized spacial score (nSPS) is 11.7. The molecular formula is C24H24N8O. The molecule has 166 valence electrons. The summed E-state index contributed by atoms with van der Waals surface area (Å²) in [6.07, 6.45) is 3.43. The van der Waals surface area contributed by atoms with Gasteiger partial charge in [0.15, 0.2) is 0 Å². The summed E-state index contributed by atoms with van der Waals surface area (Å²) in [6.45, 7) is 7.54. The van der Waals surface area contributed by atoms with Gasteiger partial charge in [-0.05, 0) is 45.9 Å². The molecule has 1 N–H and O–H groups in total. The average Bonchev–Trinajstić information content (AvgIpc) is 3.38. The molecule has 0 radical (unpaired) electrons. The maximum absolute atomic E-state index is 12.8. The lowest BCUT2D eigenvalue weighted by atomic mass is 10.1. The Morgan fingerprint density at radius 2 is 1.82 bits per heavy atom. The van der Waals surface area contributed by atoms with Crippen molar-refractivity contribution in [2.75, 3.05) is 0 Å². The van der Waals surface area contributed by atoms with Crippen LogP contribution < -0.4 is 5.32 Å². The summed E-state index contributed by atoms with van der Waals surface area (Å²) >= 11 is 0. The van der Waals surface area contributed by atoms with Crippen LogP contribution in [0.1, 0.15) is 39.9 Å². The first-order chi connectivity index (χ1) is 15.9. The second kappa shape index (κ2) is 9.04. The predicted octanol–water partition coefficient (Wildman–Crippen LogP) is 3.01. The number of amides is 1. The summed E-state index contributed by atoms with van der Waals surface area (Å²) in [4.78, 5) is 21.8. The van der Waals surface area contributed by atoms with Gasteiger partial charge in [-0.2, -0.15) is 15.5 Å². The highest BCUT2D eigenvalue weighted by Gasteiger charge is 2.21. The molecule has 9 nitrogen and oxygen atoms in total. The SMILES string of the molecule is Cc1cc(C)nc(-n2nc(C)c(CC(=O)N[C@@H](C#N)c3cnn(-c4ccccc4)c3)c2C)n1. The summed E-state index contributed by atoms with van der Waals surface area (Å²) < 4.78 is 3.33. The lowest BCUT2D eigenvalue weighted by molar-refractivity contribution is -0.120. The molecule has 1 atom stereocenters. The standard InChI is InChI=1S/C24H24N8O/c1-15-10-16(2)28-24(27-15)32-18(4)21(17(3)30-32)11-23(33)29-22(12-25)19-13-26-31(14-19)20-8-6-5-7-9-20/h5-10,13-14,22H,11H2,1-4H3,(H,29,33)/t22-/m0/s1. The Kier molecular flexibility index (Phi) is 6.00. The number of carbonyl (C=O) groups excluding carboxylic acids is 1. The molecule has 3 heterocycles. The second-order valence-electron chi connectivity index (χ2n) is 7.87. The molecule has 4 rings (SSSR count). The number of nitrogens with one attached hydrogen (secondary N) is 1. The van der Waals surface area contributed by atoms with Crippen molar-refractivity contribution in [3.63, 3.8) is 0 Å². The molecule has 33 heavy (non-hydrogen) atoms. The highest BCUT2D eigenvalue weighted by atomic mass is 16.1. The van der Waals surface area contributed by atoms with Crippen molar-refractivity contribution in [2.24, 2.45) is 0 Å². The van der Waals surface area contributed by atoms with Crippen LogP contribution in [0.25, 0.3) is 11.6 Å². The minimum absolute atomic E-state index is 0.0907. The van der Waals surface area contributed by atoms with Crippen LogP contribution in [-0.2, 0) is 11.2 Å². The van der Waals surface area contributed by atoms with Crippen molar-refractivity contribution in [1.29, 1.82) is 5.26 Å². The van der Waals surface area contributed by atoms with Crippen LogP contribution in [0.5, 0.6) is 0 Å². The zero-order chi connectivity index (χ0) is 23.5. The van der Waals surface area contributed by atoms with Gasteiger partial charge in [-0.1, -0.05) is 18.2 Å². The Hall–Kier alpha value is -4.32. The van der Waals surface area contributed by atoms with E-state index in [-0.39, 0.29) is 12.3 Å². The van der Waals surface area contributed by atoms with Crippen LogP contribution >= 0.6 is 0 Å². The molecule has 0 fully saturated rings. The van der Waals surface area contributed by atoms with E-state index in [0.717, 1.165) is 34.0 Å². The summed E-state index contributed by atoms with van der Waals surface area (Å²) in [6, 6.07) is 12.8. The second-order valence-corrected chi connectivity index (χ2v) is 7.87. The molecule has 0 saturated carbocycles. The van der Waals surface area contributed by atoms with Crippen molar-refractivity contribution >= 4 is 5.91 Å². The third-order valence-corrected chi connectivity index (χ3v) is 5.33. The number of rotatable bonds is 6. The van der Waals surface area contributed by atoms with E-state index in [1.54, 1.807) is 21.8 Å². The first kappa shape index (κ1) is 21.9. The maximum atomic E-state index is 12.8. The third kappa shape index (κ3) is 4.65. The average molecular weight is 441 g/mol. The Balaban J connectivity index is 1.51. The monoisotopic (exact) mass is 440 g/mol. The van der Waals surface area contributed by atoms with E-state index in [0.29, 0.717) is 11.5 Å². The molecule has 0 aliphatic heterocycles. The summed E-state index contributed by atoms with van der Waals surface area (Å²) in [5.41, 5.74) is 5.47. The molecule has 0 unspecified atom stereocenters. The number of hydrogen-bond acceptors (Lipinski definition) is 6. The number of hydrogen-bond donors (Lipinski definition) is 1. The molecule has 4 aromatic rings. The van der Waals surface area contributed by atoms with Crippen molar-refractivity contribution in [3.05, 3.63) is 82.7 Å². The van der Waals surface area contributed by atoms with Gasteiger partial charge >= 0.3 is 0 Å². The van der Waals surface area contributed by atoms with E-state index in [1.807, 2.05) is 64.1 Å². The summed E-state index contributed by atoms with van der Waals surface area (Å²) in [5, 5.41) is 21.3. The van der Waals surface area contributed by atoms with Crippen LogP contribution in [0.15, 0.2) is 48.8 Å². The molecule has 0 saturated heterocycles. The molecule has 0 bridgehead atoms. The topological polar surface area (TPSA) is 114 Å². The first-order valence-corrected chi connectivity index (χ1v) is 10.5. The molecule has 0 aliphatic rings. The van der Waals surface area contributed by atoms with Gasteiger partial charge in [-0.15, -0.1) is 0 Å². The Morgan fingerprint density at radius 1 is 1.12 bits per heavy atom. The van der Waals surface area contributed by atoms with E-state index in [4.69, 9.17) is 0 Å². The van der Waals surface area contributed by atoms with Gasteiger partial charge in [0.05, 0.1) is 30.1 Å². The fourth-order valence-electron chi connectivity index (χ4n) is 3.70. The van der Waals surface area contributed by atoms with Crippen molar-refractivity contribution in [3.8, 4) is 17.7 Å². The number of benzene rings is 1. The van der Waals surface area contributed by atoms with Gasteiger partial charge in [-0.25, -0.2) is 19.3 Å². The molecule has 9 heteroatoms. The van der Waals surface area contributed by atoms with Gasteiger partial charge in [0.2, 0.25) is 5.91 Å². The van der Waals surface area contributed by atoms with Gasteiger partial charge in [0, 0.05) is 34.4 Å². The van der Waals surface area contributed by atoms with E-state index >= 15 is 0 Å². The lowest BCUT2D eigenvalue weighted by Crippen LogP contribution is -2.29. The van der Waals surface area contributed by atoms with Crippen LogP contribution in [0.3, 0.4) is 0 Å². The van der Waals surface area contributed by atoms with E-state index in [2.05, 4.69) is 31.6 Å². The molecule has 0 aliphatic carbocycles. The van der Waals surface area contributed by atoms with Gasteiger partial charge in [-0.3, -0.25) is 4.79 Å². The smallest absolute Gasteiger partial charge is 0.251 e. The van der Waals surface area contributed by atoms with Gasteiger partial charge in [0.1, 0.15) is 6.04 Å². The molecular weight excluding hydrogens is 416 g/mol. The number of aryl methyl sites for hydroxylation is 3. The summed E-state index contributed by atoms with van der Waals surface area (Å²) in [5.74, 6) is 0.198. The molecule has 1 amide bonds. The van der Waals surface area contributed by atoms with E-state index in [1.165, 1.54) is 0 Å². The van der Waals surface area contributed by atoms with Crippen LogP contribution in [0, 0.1) is 39.0 Å². The molecule has 3 aromatic heterocycles. The Bertz CT molecular complexity index is 1330. The largest absolute Gasteiger partial charge is 0.336 e. The minimum atomic E-state index is -0.812. The van der Waals surface area contributed by atoms with Crippen molar-refractivity contribution in [1.82, 2.24) is 34.8 Å². The maximum Gasteiger partial charge on any atom is 0.251 e. The third-order valence-electron chi connectivity index (χ3n) is 5.33. The molecule has 0 spiro atoms. The fourth-order valence-corrected chi connectivity index (χ4v) is 3.70. The lowest BCUT2D eigenvalue weighted by Gasteiger charge is -2.10. The summed E-state index contributed by atoms with van der Waals surface area (Å²) in [7, 11) is 0. The Morgan fingerprint density at radius 3 is 2.48 bits per heavy atom. The van der Waals surface area contributed by atoms with Crippen molar-refractivity contribution < 1.29 is 4.79 Å². The first-order valence-electron chi connectivity index (χ1n) is 10.5. The Labute approximate surface area is 191 Å². The highest BCUT2D eigenvalue weighted by molar-refractivity contribution is 5.80. The number of para-hydroxylation sites is 1. The number of carbonyl (C=O) groups is 1. The van der Waals surface area contributed by atoms with Crippen LogP contribution in [0.2, 0.25) is 0 Å². The zero-order valence-electron chi connectivity index (χ0n) is 18.9. The van der Waals surface area contributed by atoms with Gasteiger partial charge < -0.3 is 5.32 Å².